The maximum absolute atomic E-state index is 12.3. The van der Waals surface area contributed by atoms with Crippen LogP contribution in [0.5, 0.6) is 0 Å². The van der Waals surface area contributed by atoms with E-state index in [1.54, 1.807) is 18.5 Å². The van der Waals surface area contributed by atoms with Gasteiger partial charge in [0.05, 0.1) is 5.39 Å². The van der Waals surface area contributed by atoms with Crippen molar-refractivity contribution in [3.63, 3.8) is 0 Å². The van der Waals surface area contributed by atoms with E-state index in [0.29, 0.717) is 16.3 Å². The van der Waals surface area contributed by atoms with Gasteiger partial charge in [0.1, 0.15) is 10.7 Å². The Kier molecular flexibility index (Phi) is 3.23. The van der Waals surface area contributed by atoms with Gasteiger partial charge in [0.25, 0.3) is 0 Å². The van der Waals surface area contributed by atoms with E-state index < -0.39 is 11.4 Å². The van der Waals surface area contributed by atoms with Gasteiger partial charge in [0, 0.05) is 17.8 Å². The molecule has 0 bridgehead atoms. The molecule has 0 saturated heterocycles. The topological polar surface area (TPSA) is 85.1 Å². The fourth-order valence-corrected chi connectivity index (χ4v) is 2.95. The molecule has 0 aliphatic carbocycles. The second kappa shape index (κ2) is 4.94. The van der Waals surface area contributed by atoms with Crippen LogP contribution in [0.25, 0.3) is 16.2 Å². The summed E-state index contributed by atoms with van der Waals surface area (Å²) < 4.78 is 1.48. The predicted molar refractivity (Wildman–Crippen MR) is 79.7 cm³/mol. The Morgan fingerprint density at radius 3 is 2.86 bits per heavy atom. The summed E-state index contributed by atoms with van der Waals surface area (Å²) >= 11 is 7.25. The summed E-state index contributed by atoms with van der Waals surface area (Å²) in [4.78, 5) is 31.9. The molecule has 0 radical (unpaired) electrons. The number of pyridine rings is 2. The van der Waals surface area contributed by atoms with Crippen molar-refractivity contribution in [3.8, 4) is 5.13 Å². The third kappa shape index (κ3) is 2.20. The third-order valence-corrected chi connectivity index (χ3v) is 3.94. The molecule has 3 aromatic heterocycles. The van der Waals surface area contributed by atoms with Crippen LogP contribution in [-0.4, -0.2) is 25.6 Å². The van der Waals surface area contributed by atoms with E-state index in [4.69, 9.17) is 11.6 Å². The number of carboxylic acid groups (broad SMARTS) is 1. The molecule has 0 saturated carbocycles. The van der Waals surface area contributed by atoms with E-state index in [1.165, 1.54) is 28.2 Å². The molecule has 0 amide bonds. The molecule has 1 N–H and O–H groups in total. The molecular formula is C13H8ClN3O3S. The molecule has 0 unspecified atom stereocenters. The summed E-state index contributed by atoms with van der Waals surface area (Å²) in [6.45, 7) is 1.69. The first-order valence-electron chi connectivity index (χ1n) is 5.84. The summed E-state index contributed by atoms with van der Waals surface area (Å²) in [5, 5.41) is 11.9. The second-order valence-corrected chi connectivity index (χ2v) is 5.58. The molecule has 0 aliphatic rings. The van der Waals surface area contributed by atoms with Crippen LogP contribution in [-0.2, 0) is 0 Å². The number of hydrogen-bond acceptors (Lipinski definition) is 5. The number of aromatic carboxylic acids is 1. The van der Waals surface area contributed by atoms with Crippen molar-refractivity contribution in [2.75, 3.05) is 0 Å². The first-order chi connectivity index (χ1) is 9.99. The maximum Gasteiger partial charge on any atom is 0.341 e. The van der Waals surface area contributed by atoms with E-state index in [2.05, 4.69) is 9.97 Å². The Morgan fingerprint density at radius 1 is 1.48 bits per heavy atom. The summed E-state index contributed by atoms with van der Waals surface area (Å²) in [6.07, 6.45) is 2.82. The highest BCUT2D eigenvalue weighted by molar-refractivity contribution is 7.12. The quantitative estimate of drug-likeness (QED) is 0.733. The zero-order valence-corrected chi connectivity index (χ0v) is 12.3. The Balaban J connectivity index is 2.55. The van der Waals surface area contributed by atoms with Crippen LogP contribution in [0.15, 0.2) is 28.6 Å². The molecule has 0 spiro atoms. The van der Waals surface area contributed by atoms with Gasteiger partial charge in [-0.3, -0.25) is 9.36 Å². The summed E-state index contributed by atoms with van der Waals surface area (Å²) in [5.74, 6) is -1.29. The van der Waals surface area contributed by atoms with Gasteiger partial charge in [0.15, 0.2) is 10.8 Å². The average molecular weight is 322 g/mol. The lowest BCUT2D eigenvalue weighted by Gasteiger charge is -2.10. The van der Waals surface area contributed by atoms with E-state index in [9.17, 15) is 14.7 Å². The highest BCUT2D eigenvalue weighted by Crippen LogP contribution is 2.22. The van der Waals surface area contributed by atoms with Gasteiger partial charge in [-0.05, 0) is 18.6 Å². The number of nitrogens with zero attached hydrogens (tertiary/aromatic N) is 3. The van der Waals surface area contributed by atoms with Gasteiger partial charge in [-0.1, -0.05) is 11.6 Å². The van der Waals surface area contributed by atoms with Crippen molar-refractivity contribution in [2.45, 2.75) is 6.92 Å². The van der Waals surface area contributed by atoms with Crippen LogP contribution in [0, 0.1) is 6.92 Å². The zero-order valence-electron chi connectivity index (χ0n) is 10.7. The molecule has 8 heteroatoms. The Bertz CT molecular complexity index is 919. The highest BCUT2D eigenvalue weighted by Gasteiger charge is 2.19. The van der Waals surface area contributed by atoms with E-state index in [0.717, 1.165) is 0 Å². The van der Waals surface area contributed by atoms with Crippen molar-refractivity contribution in [1.82, 2.24) is 14.5 Å². The lowest BCUT2D eigenvalue weighted by atomic mass is 10.1. The van der Waals surface area contributed by atoms with Crippen LogP contribution in [0.3, 0.4) is 0 Å². The van der Waals surface area contributed by atoms with Crippen LogP contribution in [0.4, 0.5) is 0 Å². The molecule has 0 aliphatic heterocycles. The van der Waals surface area contributed by atoms with Crippen molar-refractivity contribution >= 4 is 39.9 Å². The van der Waals surface area contributed by atoms with Gasteiger partial charge in [-0.25, -0.2) is 14.8 Å². The lowest BCUT2D eigenvalue weighted by molar-refractivity contribution is 0.0695. The summed E-state index contributed by atoms with van der Waals surface area (Å²) in [5.41, 5.74) is -0.0368. The molecule has 3 heterocycles. The number of aromatic nitrogens is 3. The molecule has 6 nitrogen and oxygen atoms in total. The summed E-state index contributed by atoms with van der Waals surface area (Å²) in [6, 6.07) is 1.53. The first-order valence-corrected chi connectivity index (χ1v) is 7.10. The van der Waals surface area contributed by atoms with Gasteiger partial charge in [0.2, 0.25) is 5.43 Å². The minimum atomic E-state index is -1.29. The smallest absolute Gasteiger partial charge is 0.341 e. The second-order valence-electron chi connectivity index (χ2n) is 4.32. The first kappa shape index (κ1) is 13.7. The molecule has 0 aromatic carbocycles. The van der Waals surface area contributed by atoms with Crippen LogP contribution in [0.1, 0.15) is 15.9 Å². The standard InChI is InChI=1S/C13H8ClN3O3S/c1-6-4-8(14)16-11-9(6)10(18)7(12(19)20)5-17(11)13-15-2-3-21-13/h2-5H,1H3,(H,19,20). The number of carbonyl (C=O) groups is 1. The SMILES string of the molecule is Cc1cc(Cl)nc2c1c(=O)c(C(=O)O)cn2-c1nccs1. The van der Waals surface area contributed by atoms with Gasteiger partial charge >= 0.3 is 5.97 Å². The normalized spacial score (nSPS) is 11.0. The van der Waals surface area contributed by atoms with E-state index in [-0.39, 0.29) is 16.1 Å². The van der Waals surface area contributed by atoms with Crippen molar-refractivity contribution < 1.29 is 9.90 Å². The zero-order chi connectivity index (χ0) is 15.1. The average Bonchev–Trinajstić information content (AvgIpc) is 2.91. The number of halogens is 1. The Labute approximate surface area is 127 Å². The number of aryl methyl sites for hydroxylation is 1. The molecule has 0 atom stereocenters. The molecule has 0 fully saturated rings. The molecule has 3 aromatic rings. The maximum atomic E-state index is 12.3. The lowest BCUT2D eigenvalue weighted by Crippen LogP contribution is -2.19. The van der Waals surface area contributed by atoms with Crippen LogP contribution >= 0.6 is 22.9 Å². The van der Waals surface area contributed by atoms with E-state index in [1.807, 2.05) is 0 Å². The summed E-state index contributed by atoms with van der Waals surface area (Å²) in [7, 11) is 0. The number of hydrogen-bond donors (Lipinski definition) is 1. The van der Waals surface area contributed by atoms with Crippen molar-refractivity contribution in [1.29, 1.82) is 0 Å². The van der Waals surface area contributed by atoms with Gasteiger partial charge in [-0.2, -0.15) is 0 Å². The van der Waals surface area contributed by atoms with Gasteiger partial charge in [-0.15, -0.1) is 11.3 Å². The number of fused-ring (bicyclic) bond motifs is 1. The number of thiazole rings is 1. The molecular weight excluding hydrogens is 314 g/mol. The largest absolute Gasteiger partial charge is 0.477 e. The number of carboxylic acids is 1. The monoisotopic (exact) mass is 321 g/mol. The molecule has 3 rings (SSSR count). The highest BCUT2D eigenvalue weighted by atomic mass is 35.5. The molecule has 21 heavy (non-hydrogen) atoms. The van der Waals surface area contributed by atoms with Crippen LogP contribution < -0.4 is 5.43 Å². The Morgan fingerprint density at radius 2 is 2.24 bits per heavy atom. The molecule has 106 valence electrons. The predicted octanol–water partition coefficient (Wildman–Crippen LogP) is 2.50. The third-order valence-electron chi connectivity index (χ3n) is 2.98. The Hall–Kier alpha value is -2.25. The number of rotatable bonds is 2. The minimum Gasteiger partial charge on any atom is -0.477 e. The van der Waals surface area contributed by atoms with Gasteiger partial charge < -0.3 is 5.11 Å². The van der Waals surface area contributed by atoms with Crippen molar-refractivity contribution in [2.24, 2.45) is 0 Å². The van der Waals surface area contributed by atoms with Crippen LogP contribution in [0.2, 0.25) is 5.15 Å². The minimum absolute atomic E-state index is 0.229. The van der Waals surface area contributed by atoms with Crippen molar-refractivity contribution in [3.05, 3.63) is 50.3 Å². The fourth-order valence-electron chi connectivity index (χ4n) is 2.09. The van der Waals surface area contributed by atoms with E-state index >= 15 is 0 Å². The fraction of sp³-hybridized carbons (Fsp3) is 0.0769.